The molecule has 15 heavy (non-hydrogen) atoms. The first-order valence-electron chi connectivity index (χ1n) is 4.66. The lowest BCUT2D eigenvalue weighted by atomic mass is 10.0. The highest BCUT2D eigenvalue weighted by atomic mass is 35.5. The van der Waals surface area contributed by atoms with Crippen molar-refractivity contribution in [1.29, 1.82) is 0 Å². The van der Waals surface area contributed by atoms with Gasteiger partial charge in [0.05, 0.1) is 0 Å². The van der Waals surface area contributed by atoms with Crippen LogP contribution in [-0.4, -0.2) is 24.8 Å². The van der Waals surface area contributed by atoms with Gasteiger partial charge >= 0.3 is 0 Å². The van der Waals surface area contributed by atoms with E-state index in [9.17, 15) is 4.79 Å². The van der Waals surface area contributed by atoms with E-state index in [2.05, 4.69) is 0 Å². The highest BCUT2D eigenvalue weighted by Crippen LogP contribution is 2.24. The molecular weight excluding hydrogens is 210 g/mol. The van der Waals surface area contributed by atoms with Gasteiger partial charge in [-0.1, -0.05) is 29.8 Å². The van der Waals surface area contributed by atoms with E-state index >= 15 is 0 Å². The van der Waals surface area contributed by atoms with Gasteiger partial charge in [-0.2, -0.15) is 0 Å². The Kier molecular flexibility index (Phi) is 3.92. The number of allylic oxidation sites excluding steroid dienone is 1. The minimum absolute atomic E-state index is 0.0109. The maximum atomic E-state index is 11.5. The molecule has 0 N–H and O–H groups in total. The number of nitrogens with zero attached hydrogens (tertiary/aromatic N) is 1. The van der Waals surface area contributed by atoms with Crippen LogP contribution in [0.1, 0.15) is 12.5 Å². The Morgan fingerprint density at radius 1 is 1.33 bits per heavy atom. The van der Waals surface area contributed by atoms with E-state index in [1.165, 1.54) is 0 Å². The molecule has 0 unspecified atom stereocenters. The molecule has 1 aromatic carbocycles. The second-order valence-electron chi connectivity index (χ2n) is 3.54. The van der Waals surface area contributed by atoms with Crippen LogP contribution in [0.2, 0.25) is 5.02 Å². The molecule has 0 saturated heterocycles. The zero-order chi connectivity index (χ0) is 11.4. The fraction of sp³-hybridized carbons (Fsp3) is 0.250. The third-order valence-corrected chi connectivity index (χ3v) is 2.26. The van der Waals surface area contributed by atoms with E-state index in [0.29, 0.717) is 10.6 Å². The van der Waals surface area contributed by atoms with Crippen molar-refractivity contribution in [2.75, 3.05) is 14.1 Å². The number of rotatable bonds is 3. The largest absolute Gasteiger partial charge is 0.383 e. The maximum absolute atomic E-state index is 11.5. The van der Waals surface area contributed by atoms with Crippen LogP contribution in [0, 0.1) is 0 Å². The Morgan fingerprint density at radius 2 is 1.93 bits per heavy atom. The standard InChI is InChI=1S/C12H14ClNO/c1-9(15)11(8-14(2)3)10-6-4-5-7-12(10)13/h4-8H,1-3H3/b11-8+. The molecule has 0 atom stereocenters. The van der Waals surface area contributed by atoms with Crippen LogP contribution in [0.15, 0.2) is 30.5 Å². The number of hydrogen-bond donors (Lipinski definition) is 0. The average molecular weight is 224 g/mol. The topological polar surface area (TPSA) is 20.3 Å². The van der Waals surface area contributed by atoms with Crippen LogP contribution in [-0.2, 0) is 4.79 Å². The molecule has 3 heteroatoms. The lowest BCUT2D eigenvalue weighted by Crippen LogP contribution is -2.06. The first-order valence-corrected chi connectivity index (χ1v) is 5.04. The molecule has 0 spiro atoms. The van der Waals surface area contributed by atoms with Crippen LogP contribution in [0.25, 0.3) is 5.57 Å². The molecule has 0 saturated carbocycles. The average Bonchev–Trinajstić information content (AvgIpc) is 2.15. The van der Waals surface area contributed by atoms with Gasteiger partial charge in [0.25, 0.3) is 0 Å². The molecule has 0 amide bonds. The van der Waals surface area contributed by atoms with Crippen molar-refractivity contribution in [3.05, 3.63) is 41.1 Å². The van der Waals surface area contributed by atoms with E-state index in [4.69, 9.17) is 11.6 Å². The predicted molar refractivity (Wildman–Crippen MR) is 63.8 cm³/mol. The zero-order valence-corrected chi connectivity index (χ0v) is 9.88. The van der Waals surface area contributed by atoms with Gasteiger partial charge in [0.15, 0.2) is 5.78 Å². The summed E-state index contributed by atoms with van der Waals surface area (Å²) in [5.41, 5.74) is 1.41. The molecule has 0 aliphatic rings. The molecule has 2 nitrogen and oxygen atoms in total. The van der Waals surface area contributed by atoms with Crippen molar-refractivity contribution in [3.63, 3.8) is 0 Å². The highest BCUT2D eigenvalue weighted by Gasteiger charge is 2.10. The summed E-state index contributed by atoms with van der Waals surface area (Å²) in [5.74, 6) is 0.0109. The minimum atomic E-state index is 0.0109. The molecular formula is C12H14ClNO. The van der Waals surface area contributed by atoms with E-state index in [1.807, 2.05) is 37.2 Å². The molecule has 0 heterocycles. The van der Waals surface area contributed by atoms with Crippen molar-refractivity contribution < 1.29 is 4.79 Å². The van der Waals surface area contributed by atoms with Gasteiger partial charge in [0.2, 0.25) is 0 Å². The molecule has 1 rings (SSSR count). The molecule has 0 aromatic heterocycles. The summed E-state index contributed by atoms with van der Waals surface area (Å²) in [5, 5.41) is 0.598. The summed E-state index contributed by atoms with van der Waals surface area (Å²) in [6, 6.07) is 7.34. The Bertz CT molecular complexity index is 396. The van der Waals surface area contributed by atoms with Crippen LogP contribution in [0.5, 0.6) is 0 Å². The Morgan fingerprint density at radius 3 is 2.40 bits per heavy atom. The molecule has 1 aromatic rings. The number of Topliss-reactive ketones (excluding diaryl/α,β-unsaturated/α-hetero) is 1. The fourth-order valence-corrected chi connectivity index (χ4v) is 1.53. The molecule has 0 fully saturated rings. The molecule has 0 aliphatic carbocycles. The Balaban J connectivity index is 3.23. The number of ketones is 1. The third-order valence-electron chi connectivity index (χ3n) is 1.93. The summed E-state index contributed by atoms with van der Waals surface area (Å²) in [6.07, 6.45) is 1.78. The number of halogens is 1. The first-order chi connectivity index (χ1) is 7.02. The lowest BCUT2D eigenvalue weighted by Gasteiger charge is -2.11. The third kappa shape index (κ3) is 3.10. The first kappa shape index (κ1) is 11.8. The van der Waals surface area contributed by atoms with E-state index in [1.54, 1.807) is 19.2 Å². The van der Waals surface area contributed by atoms with Crippen LogP contribution in [0.4, 0.5) is 0 Å². The van der Waals surface area contributed by atoms with E-state index in [0.717, 1.165) is 5.56 Å². The van der Waals surface area contributed by atoms with Crippen molar-refractivity contribution in [2.45, 2.75) is 6.92 Å². The predicted octanol–water partition coefficient (Wildman–Crippen LogP) is 2.83. The fourth-order valence-electron chi connectivity index (χ4n) is 1.29. The summed E-state index contributed by atoms with van der Waals surface area (Å²) < 4.78 is 0. The van der Waals surface area contributed by atoms with Gasteiger partial charge in [-0.25, -0.2) is 0 Å². The Hall–Kier alpha value is -1.28. The molecule has 80 valence electrons. The van der Waals surface area contributed by atoms with Gasteiger partial charge in [0, 0.05) is 36.5 Å². The minimum Gasteiger partial charge on any atom is -0.383 e. The summed E-state index contributed by atoms with van der Waals surface area (Å²) in [7, 11) is 3.75. The number of carbonyl (C=O) groups excluding carboxylic acids is 1. The number of carbonyl (C=O) groups is 1. The summed E-state index contributed by atoms with van der Waals surface area (Å²) in [6.45, 7) is 1.54. The van der Waals surface area contributed by atoms with Crippen molar-refractivity contribution >= 4 is 23.0 Å². The number of benzene rings is 1. The van der Waals surface area contributed by atoms with Crippen LogP contribution < -0.4 is 0 Å². The van der Waals surface area contributed by atoms with Gasteiger partial charge in [0.1, 0.15) is 0 Å². The highest BCUT2D eigenvalue weighted by molar-refractivity contribution is 6.34. The smallest absolute Gasteiger partial charge is 0.161 e. The van der Waals surface area contributed by atoms with E-state index in [-0.39, 0.29) is 5.78 Å². The van der Waals surface area contributed by atoms with E-state index < -0.39 is 0 Å². The second kappa shape index (κ2) is 4.99. The monoisotopic (exact) mass is 223 g/mol. The Labute approximate surface area is 95.2 Å². The summed E-state index contributed by atoms with van der Waals surface area (Å²) >= 11 is 6.03. The van der Waals surface area contributed by atoms with Gasteiger partial charge in [-0.05, 0) is 13.0 Å². The van der Waals surface area contributed by atoms with Crippen LogP contribution in [0.3, 0.4) is 0 Å². The van der Waals surface area contributed by atoms with Gasteiger partial charge in [-0.3, -0.25) is 4.79 Å². The van der Waals surface area contributed by atoms with Gasteiger partial charge < -0.3 is 4.90 Å². The van der Waals surface area contributed by atoms with Crippen molar-refractivity contribution in [2.24, 2.45) is 0 Å². The summed E-state index contributed by atoms with van der Waals surface area (Å²) in [4.78, 5) is 13.3. The number of hydrogen-bond acceptors (Lipinski definition) is 2. The quantitative estimate of drug-likeness (QED) is 0.735. The maximum Gasteiger partial charge on any atom is 0.161 e. The zero-order valence-electron chi connectivity index (χ0n) is 9.12. The lowest BCUT2D eigenvalue weighted by molar-refractivity contribution is -0.111. The van der Waals surface area contributed by atoms with Crippen molar-refractivity contribution in [1.82, 2.24) is 4.90 Å². The molecule has 0 bridgehead atoms. The molecule has 0 aliphatic heterocycles. The SMILES string of the molecule is CC(=O)/C(=C\N(C)C)c1ccccc1Cl. The normalized spacial score (nSPS) is 11.3. The van der Waals surface area contributed by atoms with Gasteiger partial charge in [-0.15, -0.1) is 0 Å². The van der Waals surface area contributed by atoms with Crippen molar-refractivity contribution in [3.8, 4) is 0 Å². The van der Waals surface area contributed by atoms with Crippen LogP contribution >= 0.6 is 11.6 Å². The second-order valence-corrected chi connectivity index (χ2v) is 3.95. The molecule has 0 radical (unpaired) electrons.